The Hall–Kier alpha value is -2.59. The summed E-state index contributed by atoms with van der Waals surface area (Å²) in [5.41, 5.74) is 2.53. The van der Waals surface area contributed by atoms with Crippen molar-refractivity contribution in [2.45, 2.75) is 19.9 Å². The molecule has 2 aromatic carbocycles. The lowest BCUT2D eigenvalue weighted by atomic mass is 10.1. The third-order valence-corrected chi connectivity index (χ3v) is 4.39. The second-order valence-corrected chi connectivity index (χ2v) is 6.08. The van der Waals surface area contributed by atoms with Gasteiger partial charge in [-0.2, -0.15) is 0 Å². The minimum atomic E-state index is -0.501. The molecule has 0 saturated heterocycles. The second-order valence-electron chi connectivity index (χ2n) is 5.70. The average Bonchev–Trinajstić information content (AvgIpc) is 2.80. The number of benzene rings is 2. The van der Waals surface area contributed by atoms with Gasteiger partial charge in [0.2, 0.25) is 0 Å². The summed E-state index contributed by atoms with van der Waals surface area (Å²) in [6, 6.07) is 16.7. The standard InChI is InChI=1S/C19H17ClN2O2/c1-12-8-6-7-11-15(12)22-18(23)16(20)17(19(22)24)21-13(2)14-9-4-3-5-10-14/h3-11,13,21H,1-2H3. The Morgan fingerprint density at radius 1 is 0.958 bits per heavy atom. The molecule has 2 aromatic rings. The van der Waals surface area contributed by atoms with E-state index in [-0.39, 0.29) is 16.8 Å². The molecule has 122 valence electrons. The Morgan fingerprint density at radius 3 is 2.25 bits per heavy atom. The van der Waals surface area contributed by atoms with E-state index >= 15 is 0 Å². The van der Waals surface area contributed by atoms with Crippen molar-refractivity contribution in [3.8, 4) is 0 Å². The Kier molecular flexibility index (Phi) is 4.40. The molecule has 0 aliphatic carbocycles. The third kappa shape index (κ3) is 2.81. The highest BCUT2D eigenvalue weighted by Crippen LogP contribution is 2.31. The number of carbonyl (C=O) groups is 2. The monoisotopic (exact) mass is 340 g/mol. The van der Waals surface area contributed by atoms with Gasteiger partial charge in [-0.25, -0.2) is 4.90 Å². The van der Waals surface area contributed by atoms with Crippen LogP contribution in [0.1, 0.15) is 24.1 Å². The number of hydrogen-bond donors (Lipinski definition) is 1. The first-order valence-corrected chi connectivity index (χ1v) is 8.04. The summed E-state index contributed by atoms with van der Waals surface area (Å²) in [5.74, 6) is -0.930. The fraction of sp³-hybridized carbons (Fsp3) is 0.158. The molecular formula is C19H17ClN2O2. The quantitative estimate of drug-likeness (QED) is 0.864. The molecule has 1 atom stereocenters. The first-order valence-electron chi connectivity index (χ1n) is 7.66. The Balaban J connectivity index is 1.89. The van der Waals surface area contributed by atoms with Crippen LogP contribution in [0, 0.1) is 6.92 Å². The number of aryl methyl sites for hydroxylation is 1. The van der Waals surface area contributed by atoms with Gasteiger partial charge >= 0.3 is 0 Å². The number of hydrogen-bond acceptors (Lipinski definition) is 3. The molecule has 1 unspecified atom stereocenters. The number of para-hydroxylation sites is 1. The molecule has 5 heteroatoms. The molecule has 2 amide bonds. The van der Waals surface area contributed by atoms with Crippen molar-refractivity contribution < 1.29 is 9.59 Å². The van der Waals surface area contributed by atoms with Gasteiger partial charge in [0, 0.05) is 6.04 Å². The topological polar surface area (TPSA) is 49.4 Å². The number of amides is 2. The van der Waals surface area contributed by atoms with Gasteiger partial charge in [-0.3, -0.25) is 9.59 Å². The highest BCUT2D eigenvalue weighted by atomic mass is 35.5. The predicted octanol–water partition coefficient (Wildman–Crippen LogP) is 3.67. The molecule has 0 spiro atoms. The van der Waals surface area contributed by atoms with Crippen LogP contribution in [0.2, 0.25) is 0 Å². The van der Waals surface area contributed by atoms with E-state index in [2.05, 4.69) is 5.32 Å². The van der Waals surface area contributed by atoms with Crippen LogP contribution in [0.5, 0.6) is 0 Å². The van der Waals surface area contributed by atoms with E-state index in [9.17, 15) is 9.59 Å². The lowest BCUT2D eigenvalue weighted by molar-refractivity contribution is -0.120. The molecule has 0 aromatic heterocycles. The van der Waals surface area contributed by atoms with Crippen molar-refractivity contribution in [3.63, 3.8) is 0 Å². The van der Waals surface area contributed by atoms with Gasteiger partial charge < -0.3 is 5.32 Å². The minimum Gasteiger partial charge on any atom is -0.373 e. The highest BCUT2D eigenvalue weighted by Gasteiger charge is 2.39. The highest BCUT2D eigenvalue weighted by molar-refractivity contribution is 6.52. The molecule has 1 heterocycles. The zero-order chi connectivity index (χ0) is 17.3. The molecule has 1 N–H and O–H groups in total. The number of imide groups is 1. The molecule has 4 nitrogen and oxygen atoms in total. The first-order chi connectivity index (χ1) is 11.5. The maximum absolute atomic E-state index is 12.7. The molecule has 0 saturated carbocycles. The summed E-state index contributed by atoms with van der Waals surface area (Å²) in [7, 11) is 0. The lowest BCUT2D eigenvalue weighted by Crippen LogP contribution is -2.34. The van der Waals surface area contributed by atoms with Crippen LogP contribution in [-0.4, -0.2) is 11.8 Å². The van der Waals surface area contributed by atoms with Crippen LogP contribution in [-0.2, 0) is 9.59 Å². The summed E-state index contributed by atoms with van der Waals surface area (Å²) in [5, 5.41) is 3.00. The average molecular weight is 341 g/mol. The zero-order valence-electron chi connectivity index (χ0n) is 13.4. The molecule has 0 bridgehead atoms. The second kappa shape index (κ2) is 6.49. The van der Waals surface area contributed by atoms with E-state index < -0.39 is 11.8 Å². The third-order valence-electron chi connectivity index (χ3n) is 4.04. The maximum Gasteiger partial charge on any atom is 0.283 e. The number of halogens is 1. The van der Waals surface area contributed by atoms with Crippen LogP contribution in [0.15, 0.2) is 65.3 Å². The Bertz CT molecular complexity index is 830. The van der Waals surface area contributed by atoms with Crippen LogP contribution in [0.3, 0.4) is 0 Å². The van der Waals surface area contributed by atoms with Crippen molar-refractivity contribution in [3.05, 3.63) is 76.5 Å². The molecule has 3 rings (SSSR count). The van der Waals surface area contributed by atoms with Crippen LogP contribution < -0.4 is 10.2 Å². The van der Waals surface area contributed by atoms with Crippen molar-refractivity contribution in [1.29, 1.82) is 0 Å². The maximum atomic E-state index is 12.7. The SMILES string of the molecule is Cc1ccccc1N1C(=O)C(Cl)=C(NC(C)c2ccccc2)C1=O. The molecular weight excluding hydrogens is 324 g/mol. The number of carbonyl (C=O) groups excluding carboxylic acids is 2. The Labute approximate surface area is 145 Å². The molecule has 1 aliphatic heterocycles. The van der Waals surface area contributed by atoms with Gasteiger partial charge in [0.15, 0.2) is 0 Å². The van der Waals surface area contributed by atoms with E-state index in [1.807, 2.05) is 56.3 Å². The van der Waals surface area contributed by atoms with E-state index in [0.717, 1.165) is 16.0 Å². The van der Waals surface area contributed by atoms with Crippen molar-refractivity contribution in [2.75, 3.05) is 4.90 Å². The Morgan fingerprint density at radius 2 is 1.58 bits per heavy atom. The molecule has 0 fully saturated rings. The zero-order valence-corrected chi connectivity index (χ0v) is 14.2. The largest absolute Gasteiger partial charge is 0.373 e. The first kappa shape index (κ1) is 16.3. The van der Waals surface area contributed by atoms with Gasteiger partial charge in [0.25, 0.3) is 11.8 Å². The lowest BCUT2D eigenvalue weighted by Gasteiger charge is -2.19. The summed E-state index contributed by atoms with van der Waals surface area (Å²) in [4.78, 5) is 26.3. The summed E-state index contributed by atoms with van der Waals surface area (Å²) < 4.78 is 0. The number of nitrogens with zero attached hydrogens (tertiary/aromatic N) is 1. The van der Waals surface area contributed by atoms with Crippen molar-refractivity contribution >= 4 is 29.1 Å². The van der Waals surface area contributed by atoms with E-state index in [1.54, 1.807) is 12.1 Å². The molecule has 24 heavy (non-hydrogen) atoms. The van der Waals surface area contributed by atoms with Crippen LogP contribution in [0.4, 0.5) is 5.69 Å². The van der Waals surface area contributed by atoms with E-state index in [4.69, 9.17) is 11.6 Å². The van der Waals surface area contributed by atoms with Crippen molar-refractivity contribution in [2.24, 2.45) is 0 Å². The van der Waals surface area contributed by atoms with E-state index in [0.29, 0.717) is 5.69 Å². The van der Waals surface area contributed by atoms with Crippen molar-refractivity contribution in [1.82, 2.24) is 5.32 Å². The van der Waals surface area contributed by atoms with E-state index in [1.165, 1.54) is 0 Å². The van der Waals surface area contributed by atoms with Gasteiger partial charge in [-0.05, 0) is 31.0 Å². The van der Waals surface area contributed by atoms with Crippen LogP contribution in [0.25, 0.3) is 0 Å². The van der Waals surface area contributed by atoms with Gasteiger partial charge in [0.05, 0.1) is 5.69 Å². The number of anilines is 1. The fourth-order valence-electron chi connectivity index (χ4n) is 2.70. The summed E-state index contributed by atoms with van der Waals surface area (Å²) in [6.07, 6.45) is 0. The molecule has 0 radical (unpaired) electrons. The smallest absolute Gasteiger partial charge is 0.283 e. The van der Waals surface area contributed by atoms with Gasteiger partial charge in [0.1, 0.15) is 10.7 Å². The summed E-state index contributed by atoms with van der Waals surface area (Å²) >= 11 is 6.16. The number of rotatable bonds is 4. The minimum absolute atomic E-state index is 0.0777. The summed E-state index contributed by atoms with van der Waals surface area (Å²) in [6.45, 7) is 3.77. The predicted molar refractivity (Wildman–Crippen MR) is 94.5 cm³/mol. The van der Waals surface area contributed by atoms with Gasteiger partial charge in [-0.1, -0.05) is 60.1 Å². The normalized spacial score (nSPS) is 15.9. The van der Waals surface area contributed by atoms with Crippen LogP contribution >= 0.6 is 11.6 Å². The van der Waals surface area contributed by atoms with Gasteiger partial charge in [-0.15, -0.1) is 0 Å². The fourth-order valence-corrected chi connectivity index (χ4v) is 2.92. The number of nitrogens with one attached hydrogen (secondary N) is 1. The molecule has 1 aliphatic rings.